The third-order valence-electron chi connectivity index (χ3n) is 3.25. The minimum absolute atomic E-state index is 0.0821. The minimum atomic E-state index is -0.489. The van der Waals surface area contributed by atoms with Gasteiger partial charge in [-0.15, -0.1) is 0 Å². The quantitative estimate of drug-likeness (QED) is 0.690. The molecule has 0 unspecified atom stereocenters. The van der Waals surface area contributed by atoms with Crippen molar-refractivity contribution >= 4 is 11.8 Å². The molecule has 0 saturated carbocycles. The maximum atomic E-state index is 11.8. The number of nitrogens with two attached hydrogens (primary N) is 1. The highest BCUT2D eigenvalue weighted by atomic mass is 16.3. The monoisotopic (exact) mass is 278 g/mol. The van der Waals surface area contributed by atoms with Crippen LogP contribution in [-0.2, 0) is 11.2 Å². The Bertz CT molecular complexity index is 472. The molecular formula is C15H22N2O3. The number of primary amides is 1. The summed E-state index contributed by atoms with van der Waals surface area (Å²) in [7, 11) is 0. The van der Waals surface area contributed by atoms with Crippen molar-refractivity contribution in [1.82, 2.24) is 5.32 Å². The van der Waals surface area contributed by atoms with E-state index in [4.69, 9.17) is 5.73 Å². The molecule has 110 valence electrons. The summed E-state index contributed by atoms with van der Waals surface area (Å²) in [6.07, 6.45) is 0.703. The summed E-state index contributed by atoms with van der Waals surface area (Å²) in [5.74, 6) is -0.463. The normalized spacial score (nSPS) is 12.2. The molecule has 1 atom stereocenters. The van der Waals surface area contributed by atoms with Gasteiger partial charge in [0.25, 0.3) is 0 Å². The highest BCUT2D eigenvalue weighted by Gasteiger charge is 2.15. The Labute approximate surface area is 119 Å². The van der Waals surface area contributed by atoms with E-state index < -0.39 is 5.91 Å². The van der Waals surface area contributed by atoms with Gasteiger partial charge in [-0.2, -0.15) is 0 Å². The minimum Gasteiger partial charge on any atom is -0.394 e. The Morgan fingerprint density at radius 1 is 1.30 bits per heavy atom. The number of carbonyl (C=O) groups excluding carboxylic acids is 2. The average Bonchev–Trinajstić information content (AvgIpc) is 2.42. The number of benzene rings is 1. The van der Waals surface area contributed by atoms with E-state index in [-0.39, 0.29) is 30.9 Å². The summed E-state index contributed by atoms with van der Waals surface area (Å²) >= 11 is 0. The molecule has 1 rings (SSSR count). The molecule has 0 fully saturated rings. The van der Waals surface area contributed by atoms with E-state index in [9.17, 15) is 14.7 Å². The first kappa shape index (κ1) is 16.2. The van der Waals surface area contributed by atoms with Crippen LogP contribution in [0.5, 0.6) is 0 Å². The Hall–Kier alpha value is -1.88. The van der Waals surface area contributed by atoms with E-state index in [1.54, 1.807) is 18.2 Å². The second kappa shape index (κ2) is 7.65. The zero-order valence-electron chi connectivity index (χ0n) is 11.9. The van der Waals surface area contributed by atoms with Crippen LogP contribution < -0.4 is 11.1 Å². The second-order valence-electron chi connectivity index (χ2n) is 5.12. The average molecular weight is 278 g/mol. The number of aliphatic hydroxyl groups excluding tert-OH is 1. The molecule has 2 amide bonds. The van der Waals surface area contributed by atoms with E-state index in [0.29, 0.717) is 12.0 Å². The highest BCUT2D eigenvalue weighted by Crippen LogP contribution is 2.11. The van der Waals surface area contributed by atoms with Gasteiger partial charge < -0.3 is 16.2 Å². The van der Waals surface area contributed by atoms with Gasteiger partial charge in [0.15, 0.2) is 0 Å². The van der Waals surface area contributed by atoms with E-state index >= 15 is 0 Å². The third-order valence-corrected chi connectivity index (χ3v) is 3.25. The molecule has 1 aromatic carbocycles. The van der Waals surface area contributed by atoms with E-state index in [1.165, 1.54) is 0 Å². The molecule has 0 aromatic heterocycles. The summed E-state index contributed by atoms with van der Waals surface area (Å²) in [4.78, 5) is 23.1. The molecule has 0 bridgehead atoms. The van der Waals surface area contributed by atoms with Crippen molar-refractivity contribution in [2.24, 2.45) is 11.7 Å². The fourth-order valence-electron chi connectivity index (χ4n) is 1.93. The van der Waals surface area contributed by atoms with Crippen molar-refractivity contribution in [3.63, 3.8) is 0 Å². The van der Waals surface area contributed by atoms with Crippen LogP contribution in [0.4, 0.5) is 0 Å². The van der Waals surface area contributed by atoms with Gasteiger partial charge in [-0.1, -0.05) is 32.0 Å². The molecule has 1 aromatic rings. The molecule has 0 aliphatic rings. The Kier molecular flexibility index (Phi) is 6.18. The van der Waals surface area contributed by atoms with Gasteiger partial charge >= 0.3 is 0 Å². The van der Waals surface area contributed by atoms with Crippen LogP contribution in [0.2, 0.25) is 0 Å². The summed E-state index contributed by atoms with van der Waals surface area (Å²) in [5.41, 5.74) is 6.50. The number of rotatable bonds is 7. The van der Waals surface area contributed by atoms with Crippen LogP contribution in [0.1, 0.15) is 36.2 Å². The third kappa shape index (κ3) is 4.66. The standard InChI is InChI=1S/C15H22N2O3/c1-10(2)13(9-18)17-14(19)8-7-11-5-3-4-6-12(11)15(16)20/h3-6,10,13,18H,7-9H2,1-2H3,(H2,16,20)(H,17,19)/t13-/m1/s1. The van der Waals surface area contributed by atoms with Crippen LogP contribution in [0.25, 0.3) is 0 Å². The second-order valence-corrected chi connectivity index (χ2v) is 5.12. The van der Waals surface area contributed by atoms with Gasteiger partial charge in [-0.3, -0.25) is 9.59 Å². The summed E-state index contributed by atoms with van der Waals surface area (Å²) in [6, 6.07) is 6.75. The zero-order chi connectivity index (χ0) is 15.1. The van der Waals surface area contributed by atoms with Gasteiger partial charge in [0.05, 0.1) is 12.6 Å². The first-order valence-electron chi connectivity index (χ1n) is 6.73. The fraction of sp³-hybridized carbons (Fsp3) is 0.467. The van der Waals surface area contributed by atoms with E-state index in [1.807, 2.05) is 19.9 Å². The maximum absolute atomic E-state index is 11.8. The summed E-state index contributed by atoms with van der Waals surface area (Å²) in [6.45, 7) is 3.79. The van der Waals surface area contributed by atoms with Gasteiger partial charge in [-0.25, -0.2) is 0 Å². The maximum Gasteiger partial charge on any atom is 0.248 e. The summed E-state index contributed by atoms with van der Waals surface area (Å²) in [5, 5.41) is 12.0. The fourth-order valence-corrected chi connectivity index (χ4v) is 1.93. The van der Waals surface area contributed by atoms with E-state index in [2.05, 4.69) is 5.32 Å². The predicted molar refractivity (Wildman–Crippen MR) is 77.1 cm³/mol. The Morgan fingerprint density at radius 2 is 1.95 bits per heavy atom. The van der Waals surface area contributed by atoms with E-state index in [0.717, 1.165) is 5.56 Å². The largest absolute Gasteiger partial charge is 0.394 e. The number of carbonyl (C=O) groups is 2. The molecule has 0 aliphatic heterocycles. The lowest BCUT2D eigenvalue weighted by atomic mass is 10.0. The lowest BCUT2D eigenvalue weighted by molar-refractivity contribution is -0.122. The first-order valence-corrected chi connectivity index (χ1v) is 6.73. The molecular weight excluding hydrogens is 256 g/mol. The van der Waals surface area contributed by atoms with Crippen LogP contribution >= 0.6 is 0 Å². The predicted octanol–water partition coefficient (Wildman–Crippen LogP) is 0.851. The number of aliphatic hydroxyl groups is 1. The van der Waals surface area contributed by atoms with Gasteiger partial charge in [0.2, 0.25) is 11.8 Å². The molecule has 0 spiro atoms. The van der Waals surface area contributed by atoms with Gasteiger partial charge in [0.1, 0.15) is 0 Å². The Balaban J connectivity index is 2.59. The molecule has 4 N–H and O–H groups in total. The van der Waals surface area contributed by atoms with Crippen molar-refractivity contribution in [1.29, 1.82) is 0 Å². The van der Waals surface area contributed by atoms with Crippen LogP contribution in [0, 0.1) is 5.92 Å². The van der Waals surface area contributed by atoms with Crippen LogP contribution in [0.15, 0.2) is 24.3 Å². The van der Waals surface area contributed by atoms with Crippen LogP contribution in [-0.4, -0.2) is 29.6 Å². The number of aryl methyl sites for hydroxylation is 1. The topological polar surface area (TPSA) is 92.4 Å². The molecule has 0 aliphatic carbocycles. The van der Waals surface area contributed by atoms with Crippen LogP contribution in [0.3, 0.4) is 0 Å². The Morgan fingerprint density at radius 3 is 2.50 bits per heavy atom. The molecule has 20 heavy (non-hydrogen) atoms. The molecule has 0 radical (unpaired) electrons. The molecule has 0 heterocycles. The lowest BCUT2D eigenvalue weighted by Crippen LogP contribution is -2.41. The van der Waals surface area contributed by atoms with Gasteiger partial charge in [0, 0.05) is 12.0 Å². The van der Waals surface area contributed by atoms with Crippen molar-refractivity contribution in [2.45, 2.75) is 32.7 Å². The lowest BCUT2D eigenvalue weighted by Gasteiger charge is -2.19. The first-order chi connectivity index (χ1) is 9.45. The van der Waals surface area contributed by atoms with Crippen molar-refractivity contribution in [3.05, 3.63) is 35.4 Å². The number of hydrogen-bond acceptors (Lipinski definition) is 3. The SMILES string of the molecule is CC(C)[C@@H](CO)NC(=O)CCc1ccccc1C(N)=O. The number of hydrogen-bond donors (Lipinski definition) is 3. The smallest absolute Gasteiger partial charge is 0.248 e. The number of amides is 2. The molecule has 5 nitrogen and oxygen atoms in total. The molecule has 5 heteroatoms. The van der Waals surface area contributed by atoms with Crippen molar-refractivity contribution in [3.8, 4) is 0 Å². The molecule has 0 saturated heterocycles. The van der Waals surface area contributed by atoms with Gasteiger partial charge in [-0.05, 0) is 24.0 Å². The number of nitrogens with one attached hydrogen (secondary N) is 1. The highest BCUT2D eigenvalue weighted by molar-refractivity contribution is 5.94. The summed E-state index contributed by atoms with van der Waals surface area (Å²) < 4.78 is 0. The zero-order valence-corrected chi connectivity index (χ0v) is 11.9. The van der Waals surface area contributed by atoms with Crippen molar-refractivity contribution in [2.75, 3.05) is 6.61 Å². The van der Waals surface area contributed by atoms with Crippen molar-refractivity contribution < 1.29 is 14.7 Å².